The minimum atomic E-state index is -0.319. The zero-order valence-electron chi connectivity index (χ0n) is 11.4. The van der Waals surface area contributed by atoms with Crippen molar-refractivity contribution < 1.29 is 9.90 Å². The maximum atomic E-state index is 11.7. The second-order valence-corrected chi connectivity index (χ2v) is 4.64. The lowest BCUT2D eigenvalue weighted by Crippen LogP contribution is -2.30. The van der Waals surface area contributed by atoms with Crippen LogP contribution in [-0.2, 0) is 6.42 Å². The first kappa shape index (κ1) is 13.9. The molecule has 0 atom stereocenters. The van der Waals surface area contributed by atoms with Gasteiger partial charge in [0.2, 0.25) is 0 Å². The minimum absolute atomic E-state index is 0.0724. The van der Waals surface area contributed by atoms with Crippen LogP contribution in [0.3, 0.4) is 0 Å². The van der Waals surface area contributed by atoms with Crippen LogP contribution in [0, 0.1) is 6.92 Å². The normalized spacial score (nSPS) is 10.1. The van der Waals surface area contributed by atoms with Crippen LogP contribution >= 0.6 is 0 Å². The van der Waals surface area contributed by atoms with E-state index in [-0.39, 0.29) is 11.8 Å². The molecule has 2 rings (SSSR count). The highest BCUT2D eigenvalue weighted by atomic mass is 16.3. The summed E-state index contributed by atoms with van der Waals surface area (Å²) >= 11 is 0. The van der Waals surface area contributed by atoms with Crippen LogP contribution in [0.2, 0.25) is 0 Å². The SMILES string of the molecule is Cc1ccc(NC(=O)NCCc2ccccc2)c(O)c1. The van der Waals surface area contributed by atoms with Gasteiger partial charge >= 0.3 is 6.03 Å². The molecule has 0 spiro atoms. The molecule has 0 radical (unpaired) electrons. The Bertz CT molecular complexity index is 582. The summed E-state index contributed by atoms with van der Waals surface area (Å²) in [6.07, 6.45) is 0.772. The molecule has 2 amide bonds. The molecule has 0 unspecified atom stereocenters. The Balaban J connectivity index is 1.81. The molecule has 0 heterocycles. The van der Waals surface area contributed by atoms with Crippen molar-refractivity contribution in [2.45, 2.75) is 13.3 Å². The Morgan fingerprint density at radius 3 is 2.60 bits per heavy atom. The quantitative estimate of drug-likeness (QED) is 0.748. The predicted octanol–water partition coefficient (Wildman–Crippen LogP) is 3.06. The molecule has 0 bridgehead atoms. The number of carbonyl (C=O) groups excluding carboxylic acids is 1. The van der Waals surface area contributed by atoms with Crippen molar-refractivity contribution in [3.63, 3.8) is 0 Å². The fraction of sp³-hybridized carbons (Fsp3) is 0.188. The average molecular weight is 270 g/mol. The van der Waals surface area contributed by atoms with E-state index in [4.69, 9.17) is 0 Å². The third kappa shape index (κ3) is 4.02. The smallest absolute Gasteiger partial charge is 0.319 e. The molecule has 0 saturated heterocycles. The van der Waals surface area contributed by atoms with Crippen molar-refractivity contribution in [3.05, 3.63) is 59.7 Å². The summed E-state index contributed by atoms with van der Waals surface area (Å²) in [7, 11) is 0. The van der Waals surface area contributed by atoms with E-state index in [0.29, 0.717) is 12.2 Å². The zero-order valence-corrected chi connectivity index (χ0v) is 11.4. The molecule has 4 heteroatoms. The number of aromatic hydroxyl groups is 1. The van der Waals surface area contributed by atoms with Gasteiger partial charge in [-0.3, -0.25) is 0 Å². The molecule has 0 saturated carbocycles. The Morgan fingerprint density at radius 1 is 1.15 bits per heavy atom. The number of nitrogens with one attached hydrogen (secondary N) is 2. The van der Waals surface area contributed by atoms with Crippen LogP contribution in [0.5, 0.6) is 5.75 Å². The Labute approximate surface area is 118 Å². The van der Waals surface area contributed by atoms with Gasteiger partial charge in [-0.2, -0.15) is 0 Å². The summed E-state index contributed by atoms with van der Waals surface area (Å²) in [5.74, 6) is 0.0724. The largest absolute Gasteiger partial charge is 0.506 e. The van der Waals surface area contributed by atoms with Crippen LogP contribution < -0.4 is 10.6 Å². The van der Waals surface area contributed by atoms with Crippen molar-refractivity contribution >= 4 is 11.7 Å². The summed E-state index contributed by atoms with van der Waals surface area (Å²) in [5, 5.41) is 15.1. The van der Waals surface area contributed by atoms with Gasteiger partial charge in [0.05, 0.1) is 5.69 Å². The maximum absolute atomic E-state index is 11.7. The van der Waals surface area contributed by atoms with Crippen LogP contribution in [0.25, 0.3) is 0 Å². The first-order valence-corrected chi connectivity index (χ1v) is 6.53. The Morgan fingerprint density at radius 2 is 1.90 bits per heavy atom. The number of hydrogen-bond donors (Lipinski definition) is 3. The van der Waals surface area contributed by atoms with Crippen molar-refractivity contribution in [3.8, 4) is 5.75 Å². The Kier molecular flexibility index (Phi) is 4.60. The summed E-state index contributed by atoms with van der Waals surface area (Å²) < 4.78 is 0. The highest BCUT2D eigenvalue weighted by molar-refractivity contribution is 5.90. The number of rotatable bonds is 4. The van der Waals surface area contributed by atoms with E-state index in [1.807, 2.05) is 43.3 Å². The van der Waals surface area contributed by atoms with Crippen LogP contribution in [0.15, 0.2) is 48.5 Å². The summed E-state index contributed by atoms with van der Waals surface area (Å²) in [6.45, 7) is 2.42. The van der Waals surface area contributed by atoms with Crippen molar-refractivity contribution in [1.82, 2.24) is 5.32 Å². The van der Waals surface area contributed by atoms with Crippen LogP contribution in [-0.4, -0.2) is 17.7 Å². The van der Waals surface area contributed by atoms with Gasteiger partial charge < -0.3 is 15.7 Å². The third-order valence-corrected chi connectivity index (χ3v) is 2.94. The average Bonchev–Trinajstić information content (AvgIpc) is 2.43. The standard InChI is InChI=1S/C16H18N2O2/c1-12-7-8-14(15(19)11-12)18-16(20)17-10-9-13-5-3-2-4-6-13/h2-8,11,19H,9-10H2,1H3,(H2,17,18,20). The monoisotopic (exact) mass is 270 g/mol. The summed E-state index contributed by atoms with van der Waals surface area (Å²) in [4.78, 5) is 11.7. The summed E-state index contributed by atoms with van der Waals surface area (Å²) in [6, 6.07) is 14.8. The molecule has 20 heavy (non-hydrogen) atoms. The fourth-order valence-corrected chi connectivity index (χ4v) is 1.88. The Hall–Kier alpha value is -2.49. The van der Waals surface area contributed by atoms with Gasteiger partial charge in [0.1, 0.15) is 5.75 Å². The molecule has 2 aromatic rings. The van der Waals surface area contributed by atoms with Gasteiger partial charge in [-0.1, -0.05) is 36.4 Å². The van der Waals surface area contributed by atoms with Crippen molar-refractivity contribution in [2.24, 2.45) is 0 Å². The topological polar surface area (TPSA) is 61.4 Å². The number of carbonyl (C=O) groups is 1. The van der Waals surface area contributed by atoms with E-state index in [2.05, 4.69) is 10.6 Å². The summed E-state index contributed by atoms with van der Waals surface area (Å²) in [5.41, 5.74) is 2.52. The lowest BCUT2D eigenvalue weighted by molar-refractivity contribution is 0.252. The molecule has 0 aliphatic carbocycles. The molecule has 0 aliphatic rings. The van der Waals surface area contributed by atoms with Crippen LogP contribution in [0.4, 0.5) is 10.5 Å². The third-order valence-electron chi connectivity index (χ3n) is 2.94. The number of hydrogen-bond acceptors (Lipinski definition) is 2. The lowest BCUT2D eigenvalue weighted by atomic mass is 10.1. The molecule has 4 nitrogen and oxygen atoms in total. The number of anilines is 1. The van der Waals surface area contributed by atoms with Gasteiger partial charge in [-0.25, -0.2) is 4.79 Å². The van der Waals surface area contributed by atoms with Crippen LogP contribution in [0.1, 0.15) is 11.1 Å². The number of urea groups is 1. The molecule has 0 fully saturated rings. The van der Waals surface area contributed by atoms with E-state index in [0.717, 1.165) is 12.0 Å². The number of aryl methyl sites for hydroxylation is 1. The van der Waals surface area contributed by atoms with Gasteiger partial charge in [0.15, 0.2) is 0 Å². The van der Waals surface area contributed by atoms with Gasteiger partial charge in [0, 0.05) is 6.54 Å². The van der Waals surface area contributed by atoms with E-state index in [1.165, 1.54) is 5.56 Å². The number of amides is 2. The molecular weight excluding hydrogens is 252 g/mol. The van der Waals surface area contributed by atoms with E-state index < -0.39 is 0 Å². The minimum Gasteiger partial charge on any atom is -0.506 e. The predicted molar refractivity (Wildman–Crippen MR) is 80.0 cm³/mol. The van der Waals surface area contributed by atoms with Gasteiger partial charge in [-0.15, -0.1) is 0 Å². The lowest BCUT2D eigenvalue weighted by Gasteiger charge is -2.09. The first-order valence-electron chi connectivity index (χ1n) is 6.53. The second kappa shape index (κ2) is 6.61. The number of phenolic OH excluding ortho intramolecular Hbond substituents is 1. The van der Waals surface area contributed by atoms with Crippen molar-refractivity contribution in [2.75, 3.05) is 11.9 Å². The van der Waals surface area contributed by atoms with Gasteiger partial charge in [-0.05, 0) is 36.6 Å². The molecule has 2 aromatic carbocycles. The van der Waals surface area contributed by atoms with E-state index in [1.54, 1.807) is 12.1 Å². The zero-order chi connectivity index (χ0) is 14.4. The number of phenols is 1. The molecule has 0 aromatic heterocycles. The second-order valence-electron chi connectivity index (χ2n) is 4.64. The highest BCUT2D eigenvalue weighted by Gasteiger charge is 2.05. The van der Waals surface area contributed by atoms with E-state index >= 15 is 0 Å². The molecule has 3 N–H and O–H groups in total. The van der Waals surface area contributed by atoms with Crippen molar-refractivity contribution in [1.29, 1.82) is 0 Å². The molecule has 104 valence electrons. The molecular formula is C16H18N2O2. The highest BCUT2D eigenvalue weighted by Crippen LogP contribution is 2.23. The maximum Gasteiger partial charge on any atom is 0.319 e. The molecule has 0 aliphatic heterocycles. The van der Waals surface area contributed by atoms with E-state index in [9.17, 15) is 9.90 Å². The number of benzene rings is 2. The first-order chi connectivity index (χ1) is 9.65. The van der Waals surface area contributed by atoms with Gasteiger partial charge in [0.25, 0.3) is 0 Å². The fourth-order valence-electron chi connectivity index (χ4n) is 1.88.